The first-order valence-electron chi connectivity index (χ1n) is 12.0. The molecule has 2 heterocycles. The van der Waals surface area contributed by atoms with Gasteiger partial charge in [-0.05, 0) is 74.5 Å². The molecule has 1 amide bonds. The lowest BCUT2D eigenvalue weighted by molar-refractivity contribution is -0.385. The first-order valence-corrected chi connectivity index (χ1v) is 12.0. The molecule has 12 nitrogen and oxygen atoms in total. The van der Waals surface area contributed by atoms with Crippen LogP contribution in [-0.2, 0) is 16.1 Å². The van der Waals surface area contributed by atoms with Crippen molar-refractivity contribution < 1.29 is 33.1 Å². The van der Waals surface area contributed by atoms with Crippen molar-refractivity contribution in [2.75, 3.05) is 13.7 Å². The van der Waals surface area contributed by atoms with Crippen LogP contribution in [0.5, 0.6) is 11.5 Å². The van der Waals surface area contributed by atoms with Crippen molar-refractivity contribution in [3.05, 3.63) is 105 Å². The number of nitro groups is 1. The Kier molecular flexibility index (Phi) is 8.59. The summed E-state index contributed by atoms with van der Waals surface area (Å²) in [7, 11) is 1.18. The molecule has 1 N–H and O–H groups in total. The Hall–Kier alpha value is -5.39. The van der Waals surface area contributed by atoms with Gasteiger partial charge in [0, 0.05) is 28.7 Å². The largest absolute Gasteiger partial charge is 0.486 e. The van der Waals surface area contributed by atoms with E-state index >= 15 is 0 Å². The number of benzene rings is 2. The third-order valence-corrected chi connectivity index (χ3v) is 5.77. The van der Waals surface area contributed by atoms with Gasteiger partial charge in [-0.2, -0.15) is 5.10 Å². The van der Waals surface area contributed by atoms with Crippen molar-refractivity contribution in [3.8, 4) is 17.2 Å². The van der Waals surface area contributed by atoms with Gasteiger partial charge in [0.25, 0.3) is 0 Å². The molecule has 0 atom stereocenters. The summed E-state index contributed by atoms with van der Waals surface area (Å²) < 4.78 is 23.1. The lowest BCUT2D eigenvalue weighted by Gasteiger charge is -2.10. The van der Waals surface area contributed by atoms with Crippen LogP contribution in [-0.4, -0.2) is 41.3 Å². The summed E-state index contributed by atoms with van der Waals surface area (Å²) in [5.74, 6) is -0.298. The zero-order valence-corrected chi connectivity index (χ0v) is 22.0. The minimum absolute atomic E-state index is 0.0159. The van der Waals surface area contributed by atoms with Gasteiger partial charge in [0.1, 0.15) is 18.1 Å². The lowest BCUT2D eigenvalue weighted by atomic mass is 10.2. The number of hydrogen-bond donors (Lipinski definition) is 1. The summed E-state index contributed by atoms with van der Waals surface area (Å²) in [4.78, 5) is 34.3. The molecule has 0 spiro atoms. The fraction of sp³-hybridized carbons (Fsp3) is 0.179. The van der Waals surface area contributed by atoms with Crippen LogP contribution >= 0.6 is 0 Å². The van der Waals surface area contributed by atoms with Gasteiger partial charge >= 0.3 is 17.6 Å². The van der Waals surface area contributed by atoms with Gasteiger partial charge in [-0.15, -0.1) is 0 Å². The number of hydrogen-bond acceptors (Lipinski definition) is 9. The monoisotopic (exact) mass is 546 g/mol. The third kappa shape index (κ3) is 6.72. The van der Waals surface area contributed by atoms with Gasteiger partial charge < -0.3 is 23.2 Å². The van der Waals surface area contributed by atoms with Crippen LogP contribution in [0.2, 0.25) is 0 Å². The first-order chi connectivity index (χ1) is 19.2. The van der Waals surface area contributed by atoms with Crippen LogP contribution in [0.15, 0.2) is 76.2 Å². The summed E-state index contributed by atoms with van der Waals surface area (Å²) in [6.45, 7) is 3.73. The Balaban J connectivity index is 1.31. The maximum absolute atomic E-state index is 12.4. The Morgan fingerprint density at radius 3 is 2.42 bits per heavy atom. The highest BCUT2D eigenvalue weighted by Crippen LogP contribution is 2.27. The molecule has 0 saturated heterocycles. The van der Waals surface area contributed by atoms with E-state index in [1.807, 2.05) is 38.1 Å². The molecule has 206 valence electrons. The topological polar surface area (TPSA) is 147 Å². The molecule has 0 saturated carbocycles. The highest BCUT2D eigenvalue weighted by molar-refractivity contribution is 5.92. The number of nitrogens with one attached hydrogen (secondary N) is 1. The minimum atomic E-state index is -0.678. The van der Waals surface area contributed by atoms with Gasteiger partial charge in [-0.1, -0.05) is 0 Å². The van der Waals surface area contributed by atoms with Crippen molar-refractivity contribution >= 4 is 23.8 Å². The fourth-order valence-corrected chi connectivity index (χ4v) is 3.79. The SMILES string of the molecule is COC(=O)COc1ccc(/C=N/NC(=O)c2ccc(COc3ccc(-n4c(C)ccc4C)cc3)o2)cc1[N+](=O)[O-]. The maximum atomic E-state index is 12.4. The number of furan rings is 1. The summed E-state index contributed by atoms with van der Waals surface area (Å²) in [6.07, 6.45) is 1.22. The maximum Gasteiger partial charge on any atom is 0.343 e. The van der Waals surface area contributed by atoms with E-state index in [4.69, 9.17) is 13.9 Å². The number of carbonyl (C=O) groups excluding carboxylic acids is 2. The average Bonchev–Trinajstić information content (AvgIpc) is 3.57. The second-order valence-electron chi connectivity index (χ2n) is 8.55. The molecule has 40 heavy (non-hydrogen) atoms. The van der Waals surface area contributed by atoms with Crippen LogP contribution < -0.4 is 14.9 Å². The summed E-state index contributed by atoms with van der Waals surface area (Å²) in [5.41, 5.74) is 5.55. The normalized spacial score (nSPS) is 10.9. The van der Waals surface area contributed by atoms with Crippen LogP contribution in [0.1, 0.15) is 33.3 Å². The predicted octanol–water partition coefficient (Wildman–Crippen LogP) is 4.49. The third-order valence-electron chi connectivity index (χ3n) is 5.77. The standard InChI is InChI=1S/C28H26N4O8/c1-18-4-5-19(2)31(18)21-7-9-22(10-8-21)38-16-23-11-13-26(40-23)28(34)30-29-15-20-6-12-25(24(14-20)32(35)36)39-17-27(33)37-3/h4-15H,16-17H2,1-3H3,(H,30,34)/b29-15+. The number of esters is 1. The highest BCUT2D eigenvalue weighted by atomic mass is 16.6. The van der Waals surface area contributed by atoms with Crippen molar-refractivity contribution in [1.29, 1.82) is 0 Å². The van der Waals surface area contributed by atoms with E-state index in [0.717, 1.165) is 17.1 Å². The molecule has 0 aliphatic carbocycles. The molecule has 12 heteroatoms. The number of rotatable bonds is 11. The Labute approximate surface area is 228 Å². The number of aryl methyl sites for hydroxylation is 2. The Morgan fingerprint density at radius 1 is 1.02 bits per heavy atom. The average molecular weight is 547 g/mol. The summed E-state index contributed by atoms with van der Waals surface area (Å²) in [6, 6.07) is 18.9. The van der Waals surface area contributed by atoms with E-state index in [1.165, 1.54) is 37.6 Å². The van der Waals surface area contributed by atoms with E-state index < -0.39 is 23.4 Å². The van der Waals surface area contributed by atoms with E-state index in [9.17, 15) is 19.7 Å². The second kappa shape index (κ2) is 12.4. The number of nitrogens with zero attached hydrogens (tertiary/aromatic N) is 3. The predicted molar refractivity (Wildman–Crippen MR) is 144 cm³/mol. The quantitative estimate of drug-likeness (QED) is 0.125. The molecule has 0 unspecified atom stereocenters. The molecule has 0 bridgehead atoms. The number of methoxy groups -OCH3 is 1. The van der Waals surface area contributed by atoms with E-state index in [2.05, 4.69) is 32.0 Å². The molecule has 2 aromatic heterocycles. The van der Waals surface area contributed by atoms with Gasteiger partial charge in [0.05, 0.1) is 18.2 Å². The van der Waals surface area contributed by atoms with Crippen molar-refractivity contribution in [3.63, 3.8) is 0 Å². The van der Waals surface area contributed by atoms with Crippen LogP contribution in [0.25, 0.3) is 5.69 Å². The molecular weight excluding hydrogens is 520 g/mol. The Morgan fingerprint density at radius 2 is 1.75 bits per heavy atom. The van der Waals surface area contributed by atoms with E-state index in [0.29, 0.717) is 17.1 Å². The molecule has 2 aromatic carbocycles. The number of nitro benzene ring substituents is 1. The highest BCUT2D eigenvalue weighted by Gasteiger charge is 2.17. The van der Waals surface area contributed by atoms with Crippen LogP contribution in [0, 0.1) is 24.0 Å². The van der Waals surface area contributed by atoms with E-state index in [-0.39, 0.29) is 23.8 Å². The molecule has 4 aromatic rings. The Bertz CT molecular complexity index is 1530. The number of carbonyl (C=O) groups is 2. The van der Waals surface area contributed by atoms with Gasteiger partial charge in [0.15, 0.2) is 18.1 Å². The molecule has 0 aliphatic rings. The van der Waals surface area contributed by atoms with Crippen molar-refractivity contribution in [1.82, 2.24) is 9.99 Å². The number of amides is 1. The van der Waals surface area contributed by atoms with Gasteiger partial charge in [0.2, 0.25) is 0 Å². The number of ether oxygens (including phenoxy) is 3. The first kappa shape index (κ1) is 27.6. The zero-order chi connectivity index (χ0) is 28.6. The van der Waals surface area contributed by atoms with Crippen LogP contribution in [0.3, 0.4) is 0 Å². The molecular formula is C28H26N4O8. The van der Waals surface area contributed by atoms with E-state index in [1.54, 1.807) is 6.07 Å². The smallest absolute Gasteiger partial charge is 0.343 e. The van der Waals surface area contributed by atoms with Crippen LogP contribution in [0.4, 0.5) is 5.69 Å². The zero-order valence-electron chi connectivity index (χ0n) is 22.0. The second-order valence-corrected chi connectivity index (χ2v) is 8.55. The fourth-order valence-electron chi connectivity index (χ4n) is 3.79. The summed E-state index contributed by atoms with van der Waals surface area (Å²) >= 11 is 0. The number of aromatic nitrogens is 1. The minimum Gasteiger partial charge on any atom is -0.486 e. The lowest BCUT2D eigenvalue weighted by Crippen LogP contribution is -2.16. The van der Waals surface area contributed by atoms with Gasteiger partial charge in [-0.25, -0.2) is 10.2 Å². The molecule has 0 fully saturated rings. The molecule has 0 aliphatic heterocycles. The summed E-state index contributed by atoms with van der Waals surface area (Å²) in [5, 5.41) is 15.2. The number of hydrazone groups is 1. The van der Waals surface area contributed by atoms with Gasteiger partial charge in [-0.3, -0.25) is 14.9 Å². The molecule has 4 rings (SSSR count). The van der Waals surface area contributed by atoms with Crippen molar-refractivity contribution in [2.24, 2.45) is 5.10 Å². The van der Waals surface area contributed by atoms with Crippen molar-refractivity contribution in [2.45, 2.75) is 20.5 Å². The molecule has 0 radical (unpaired) electrons.